The first-order valence-corrected chi connectivity index (χ1v) is 10.4. The monoisotopic (exact) mass is 359 g/mol. The molecule has 144 valence electrons. The predicted molar refractivity (Wildman–Crippen MR) is 105 cm³/mol. The molecule has 2 saturated heterocycles. The Balaban J connectivity index is 1.35. The van der Waals surface area contributed by atoms with Gasteiger partial charge in [-0.15, -0.1) is 0 Å². The predicted octanol–water partition coefficient (Wildman–Crippen LogP) is 2.32. The Morgan fingerprint density at radius 2 is 1.65 bits per heavy atom. The first-order valence-electron chi connectivity index (χ1n) is 10.4. The highest BCUT2D eigenvalue weighted by Crippen LogP contribution is 2.25. The molecule has 0 atom stereocenters. The van der Waals surface area contributed by atoms with Gasteiger partial charge in [0.1, 0.15) is 5.82 Å². The molecule has 6 heteroatoms. The van der Waals surface area contributed by atoms with Gasteiger partial charge in [0.15, 0.2) is 0 Å². The highest BCUT2D eigenvalue weighted by Gasteiger charge is 2.23. The van der Waals surface area contributed by atoms with Gasteiger partial charge >= 0.3 is 0 Å². The lowest BCUT2D eigenvalue weighted by Crippen LogP contribution is -2.48. The third kappa shape index (κ3) is 4.46. The van der Waals surface area contributed by atoms with Gasteiger partial charge in [0, 0.05) is 57.6 Å². The summed E-state index contributed by atoms with van der Waals surface area (Å²) in [6.07, 6.45) is 7.19. The van der Waals surface area contributed by atoms with Crippen molar-refractivity contribution in [2.24, 2.45) is 5.92 Å². The van der Waals surface area contributed by atoms with Crippen LogP contribution in [0.3, 0.4) is 0 Å². The number of anilines is 2. The van der Waals surface area contributed by atoms with Gasteiger partial charge in [-0.3, -0.25) is 4.90 Å². The summed E-state index contributed by atoms with van der Waals surface area (Å²) in [5.41, 5.74) is 1.06. The minimum absolute atomic E-state index is 0.790. The van der Waals surface area contributed by atoms with Crippen LogP contribution in [0.4, 0.5) is 11.8 Å². The normalized spacial score (nSPS) is 23.4. The van der Waals surface area contributed by atoms with E-state index in [1.165, 1.54) is 38.6 Å². The fourth-order valence-electron chi connectivity index (χ4n) is 4.50. The highest BCUT2D eigenvalue weighted by molar-refractivity contribution is 5.46. The Kier molecular flexibility index (Phi) is 5.90. The summed E-state index contributed by atoms with van der Waals surface area (Å²) in [5.74, 6) is 2.89. The second kappa shape index (κ2) is 8.53. The number of hydrogen-bond acceptors (Lipinski definition) is 6. The van der Waals surface area contributed by atoms with Gasteiger partial charge in [-0.25, -0.2) is 4.98 Å². The van der Waals surface area contributed by atoms with Gasteiger partial charge < -0.3 is 14.5 Å². The molecule has 0 N–H and O–H groups in total. The molecule has 2 aliphatic heterocycles. The second-order valence-electron chi connectivity index (χ2n) is 8.06. The Morgan fingerprint density at radius 3 is 2.38 bits per heavy atom. The van der Waals surface area contributed by atoms with E-state index in [2.05, 4.69) is 27.7 Å². The van der Waals surface area contributed by atoms with Crippen LogP contribution < -0.4 is 9.80 Å². The lowest BCUT2D eigenvalue weighted by molar-refractivity contribution is 0.122. The van der Waals surface area contributed by atoms with Crippen molar-refractivity contribution in [2.45, 2.75) is 39.0 Å². The van der Waals surface area contributed by atoms with E-state index < -0.39 is 0 Å². The van der Waals surface area contributed by atoms with E-state index in [0.29, 0.717) is 0 Å². The average Bonchev–Trinajstić information content (AvgIpc) is 2.70. The van der Waals surface area contributed by atoms with Crippen LogP contribution in [0.1, 0.15) is 37.8 Å². The molecule has 0 radical (unpaired) electrons. The number of hydrogen-bond donors (Lipinski definition) is 0. The molecular weight excluding hydrogens is 326 g/mol. The number of aryl methyl sites for hydroxylation is 1. The number of ether oxygens (including phenoxy) is 1. The second-order valence-corrected chi connectivity index (χ2v) is 8.06. The molecule has 1 aliphatic carbocycles. The van der Waals surface area contributed by atoms with Crippen molar-refractivity contribution in [1.29, 1.82) is 0 Å². The number of morpholine rings is 1. The van der Waals surface area contributed by atoms with Crippen molar-refractivity contribution in [1.82, 2.24) is 14.9 Å². The van der Waals surface area contributed by atoms with Gasteiger partial charge in [0.05, 0.1) is 13.2 Å². The van der Waals surface area contributed by atoms with Crippen molar-refractivity contribution in [3.8, 4) is 0 Å². The molecule has 0 amide bonds. The molecule has 1 saturated carbocycles. The van der Waals surface area contributed by atoms with E-state index in [1.54, 1.807) is 0 Å². The van der Waals surface area contributed by atoms with Crippen LogP contribution >= 0.6 is 0 Å². The molecule has 0 aromatic carbocycles. The lowest BCUT2D eigenvalue weighted by Gasteiger charge is -2.37. The molecular formula is C20H33N5O. The van der Waals surface area contributed by atoms with Gasteiger partial charge in [0.25, 0.3) is 0 Å². The van der Waals surface area contributed by atoms with E-state index in [9.17, 15) is 0 Å². The quantitative estimate of drug-likeness (QED) is 0.822. The Labute approximate surface area is 157 Å². The fourth-order valence-corrected chi connectivity index (χ4v) is 4.50. The molecule has 26 heavy (non-hydrogen) atoms. The third-order valence-corrected chi connectivity index (χ3v) is 6.06. The Morgan fingerprint density at radius 1 is 0.923 bits per heavy atom. The molecule has 1 aromatic heterocycles. The standard InChI is InChI=1S/C20H33N5O/c1-17-15-19(24-11-13-26-14-12-24)22-20(21-17)25-9-7-23(8-10-25)16-18-5-3-2-4-6-18/h15,18H,2-14,16H2,1H3. The molecule has 0 bridgehead atoms. The van der Waals surface area contributed by atoms with Crippen LogP contribution in [-0.4, -0.2) is 73.9 Å². The molecule has 0 unspecified atom stereocenters. The summed E-state index contributed by atoms with van der Waals surface area (Å²) >= 11 is 0. The number of rotatable bonds is 4. The third-order valence-electron chi connectivity index (χ3n) is 6.06. The topological polar surface area (TPSA) is 44.7 Å². The van der Waals surface area contributed by atoms with E-state index in [-0.39, 0.29) is 0 Å². The van der Waals surface area contributed by atoms with E-state index in [4.69, 9.17) is 14.7 Å². The number of piperazine rings is 1. The van der Waals surface area contributed by atoms with Crippen LogP contribution in [0.25, 0.3) is 0 Å². The summed E-state index contributed by atoms with van der Waals surface area (Å²) < 4.78 is 5.47. The molecule has 0 spiro atoms. The minimum Gasteiger partial charge on any atom is -0.378 e. The smallest absolute Gasteiger partial charge is 0.227 e. The van der Waals surface area contributed by atoms with Crippen molar-refractivity contribution in [3.05, 3.63) is 11.8 Å². The zero-order valence-corrected chi connectivity index (χ0v) is 16.2. The van der Waals surface area contributed by atoms with E-state index >= 15 is 0 Å². The first kappa shape index (κ1) is 18.0. The van der Waals surface area contributed by atoms with Crippen LogP contribution in [-0.2, 0) is 4.74 Å². The number of aromatic nitrogens is 2. The summed E-state index contributed by atoms with van der Waals surface area (Å²) in [6, 6.07) is 2.11. The largest absolute Gasteiger partial charge is 0.378 e. The van der Waals surface area contributed by atoms with Crippen molar-refractivity contribution >= 4 is 11.8 Å². The summed E-state index contributed by atoms with van der Waals surface area (Å²) in [5, 5.41) is 0. The summed E-state index contributed by atoms with van der Waals surface area (Å²) in [6.45, 7) is 11.2. The summed E-state index contributed by atoms with van der Waals surface area (Å²) in [7, 11) is 0. The maximum absolute atomic E-state index is 5.47. The molecule has 4 rings (SSSR count). The van der Waals surface area contributed by atoms with Gasteiger partial charge in [-0.05, 0) is 25.7 Å². The fraction of sp³-hybridized carbons (Fsp3) is 0.800. The zero-order chi connectivity index (χ0) is 17.8. The van der Waals surface area contributed by atoms with E-state index in [1.807, 2.05) is 0 Å². The lowest BCUT2D eigenvalue weighted by atomic mass is 9.89. The highest BCUT2D eigenvalue weighted by atomic mass is 16.5. The maximum atomic E-state index is 5.47. The average molecular weight is 360 g/mol. The Bertz CT molecular complexity index is 576. The van der Waals surface area contributed by atoms with Gasteiger partial charge in [0.2, 0.25) is 5.95 Å². The molecule has 1 aromatic rings. The first-order chi connectivity index (χ1) is 12.8. The SMILES string of the molecule is Cc1cc(N2CCOCC2)nc(N2CCN(CC3CCCCC3)CC2)n1. The van der Waals surface area contributed by atoms with Crippen molar-refractivity contribution in [2.75, 3.05) is 68.8 Å². The van der Waals surface area contributed by atoms with E-state index in [0.717, 1.165) is 75.9 Å². The molecule has 6 nitrogen and oxygen atoms in total. The van der Waals surface area contributed by atoms with Crippen LogP contribution in [0, 0.1) is 12.8 Å². The van der Waals surface area contributed by atoms with Crippen molar-refractivity contribution < 1.29 is 4.74 Å². The van der Waals surface area contributed by atoms with Crippen LogP contribution in [0.2, 0.25) is 0 Å². The van der Waals surface area contributed by atoms with Gasteiger partial charge in [-0.1, -0.05) is 19.3 Å². The van der Waals surface area contributed by atoms with Crippen LogP contribution in [0.5, 0.6) is 0 Å². The van der Waals surface area contributed by atoms with Crippen molar-refractivity contribution in [3.63, 3.8) is 0 Å². The van der Waals surface area contributed by atoms with Gasteiger partial charge in [-0.2, -0.15) is 4.98 Å². The molecule has 3 aliphatic rings. The molecule has 3 heterocycles. The number of nitrogens with zero attached hydrogens (tertiary/aromatic N) is 5. The Hall–Kier alpha value is -1.40. The minimum atomic E-state index is 0.790. The molecule has 3 fully saturated rings. The summed E-state index contributed by atoms with van der Waals surface area (Å²) in [4.78, 5) is 17.0. The maximum Gasteiger partial charge on any atom is 0.227 e. The zero-order valence-electron chi connectivity index (χ0n) is 16.2. The van der Waals surface area contributed by atoms with Crippen LogP contribution in [0.15, 0.2) is 6.07 Å².